The van der Waals surface area contributed by atoms with Crippen LogP contribution < -0.4 is 9.47 Å². The van der Waals surface area contributed by atoms with Crippen LogP contribution in [0.5, 0.6) is 11.5 Å². The van der Waals surface area contributed by atoms with Crippen LogP contribution in [-0.4, -0.2) is 30.4 Å². The highest BCUT2D eigenvalue weighted by atomic mass is 16.6. The van der Waals surface area contributed by atoms with Crippen molar-refractivity contribution in [2.45, 2.75) is 12.7 Å². The second-order valence-corrected chi connectivity index (χ2v) is 5.02. The first-order valence-electron chi connectivity index (χ1n) is 7.01. The Morgan fingerprint density at radius 1 is 1.18 bits per heavy atom. The minimum absolute atomic E-state index is 0.174. The van der Waals surface area contributed by atoms with E-state index < -0.39 is 5.97 Å². The van der Waals surface area contributed by atoms with Gasteiger partial charge in [0.2, 0.25) is 0 Å². The van der Waals surface area contributed by atoms with E-state index >= 15 is 0 Å². The smallest absolute Gasteiger partial charge is 0.335 e. The number of ether oxygens (including phenoxy) is 3. The number of rotatable bonds is 5. The number of aromatic carboxylic acids is 1. The van der Waals surface area contributed by atoms with Crippen molar-refractivity contribution in [3.05, 3.63) is 59.7 Å². The van der Waals surface area contributed by atoms with Gasteiger partial charge in [0.05, 0.1) is 18.8 Å². The summed E-state index contributed by atoms with van der Waals surface area (Å²) in [4.78, 5) is 11.0. The first-order chi connectivity index (χ1) is 10.7. The van der Waals surface area contributed by atoms with Crippen LogP contribution in [0.1, 0.15) is 15.9 Å². The molecule has 0 saturated heterocycles. The fourth-order valence-electron chi connectivity index (χ4n) is 2.21. The number of carboxylic acids is 1. The number of carbonyl (C=O) groups is 1. The average Bonchev–Trinajstić information content (AvgIpc) is 2.55. The lowest BCUT2D eigenvalue weighted by atomic mass is 10.2. The molecule has 0 bridgehead atoms. The lowest BCUT2D eigenvalue weighted by molar-refractivity contribution is 0.00263. The van der Waals surface area contributed by atoms with Crippen molar-refractivity contribution < 1.29 is 24.1 Å². The second kappa shape index (κ2) is 6.49. The SMILES string of the molecule is O=C(O)c1ccc2c(c1)O[C@H](COCc1ccccc1)CO2. The molecule has 1 aliphatic rings. The van der Waals surface area contributed by atoms with Crippen LogP contribution in [-0.2, 0) is 11.3 Å². The maximum absolute atomic E-state index is 11.0. The number of carboxylic acid groups (broad SMARTS) is 1. The van der Waals surface area contributed by atoms with E-state index in [2.05, 4.69) is 0 Å². The van der Waals surface area contributed by atoms with Crippen LogP contribution in [0.3, 0.4) is 0 Å². The third-order valence-electron chi connectivity index (χ3n) is 3.32. The van der Waals surface area contributed by atoms with Crippen molar-refractivity contribution in [1.29, 1.82) is 0 Å². The molecule has 114 valence electrons. The van der Waals surface area contributed by atoms with Crippen molar-refractivity contribution in [1.82, 2.24) is 0 Å². The fourth-order valence-corrected chi connectivity index (χ4v) is 2.21. The molecule has 1 atom stereocenters. The molecule has 1 aliphatic heterocycles. The van der Waals surface area contributed by atoms with Gasteiger partial charge in [-0.1, -0.05) is 30.3 Å². The molecule has 2 aromatic rings. The standard InChI is InChI=1S/C17H16O5/c18-17(19)13-6-7-15-16(8-13)22-14(11-21-15)10-20-9-12-4-2-1-3-5-12/h1-8,14H,9-11H2,(H,18,19)/t14-/m1/s1. The van der Waals surface area contributed by atoms with Gasteiger partial charge in [-0.15, -0.1) is 0 Å². The van der Waals surface area contributed by atoms with Crippen molar-refractivity contribution in [3.63, 3.8) is 0 Å². The number of hydrogen-bond donors (Lipinski definition) is 1. The van der Waals surface area contributed by atoms with Crippen LogP contribution in [0, 0.1) is 0 Å². The Hall–Kier alpha value is -2.53. The third-order valence-corrected chi connectivity index (χ3v) is 3.32. The van der Waals surface area contributed by atoms with Gasteiger partial charge < -0.3 is 19.3 Å². The highest BCUT2D eigenvalue weighted by Crippen LogP contribution is 2.32. The van der Waals surface area contributed by atoms with E-state index in [0.717, 1.165) is 5.56 Å². The van der Waals surface area contributed by atoms with Gasteiger partial charge in [-0.2, -0.15) is 0 Å². The van der Waals surface area contributed by atoms with Crippen LogP contribution >= 0.6 is 0 Å². The van der Waals surface area contributed by atoms with Gasteiger partial charge >= 0.3 is 5.97 Å². The fraction of sp³-hybridized carbons (Fsp3) is 0.235. The molecule has 0 saturated carbocycles. The summed E-state index contributed by atoms with van der Waals surface area (Å²) in [5, 5.41) is 9.00. The van der Waals surface area contributed by atoms with Gasteiger partial charge in [-0.3, -0.25) is 0 Å². The van der Waals surface area contributed by atoms with Crippen LogP contribution in [0.15, 0.2) is 48.5 Å². The van der Waals surface area contributed by atoms with Gasteiger partial charge in [0.1, 0.15) is 6.61 Å². The summed E-state index contributed by atoms with van der Waals surface area (Å²) >= 11 is 0. The van der Waals surface area contributed by atoms with Gasteiger partial charge in [0, 0.05) is 0 Å². The zero-order chi connectivity index (χ0) is 15.4. The summed E-state index contributed by atoms with van der Waals surface area (Å²) in [7, 11) is 0. The lowest BCUT2D eigenvalue weighted by Gasteiger charge is -2.26. The molecule has 0 radical (unpaired) electrons. The first kappa shape index (κ1) is 14.4. The molecule has 0 aromatic heterocycles. The van der Waals surface area contributed by atoms with E-state index in [9.17, 15) is 4.79 Å². The predicted octanol–water partition coefficient (Wildman–Crippen LogP) is 2.74. The Kier molecular flexibility index (Phi) is 4.25. The number of benzene rings is 2. The van der Waals surface area contributed by atoms with E-state index in [1.807, 2.05) is 30.3 Å². The quantitative estimate of drug-likeness (QED) is 0.919. The Balaban J connectivity index is 1.57. The average molecular weight is 300 g/mol. The summed E-state index contributed by atoms with van der Waals surface area (Å²) in [5.74, 6) is 0.0117. The molecule has 0 unspecified atom stereocenters. The van der Waals surface area contributed by atoms with E-state index in [1.54, 1.807) is 6.07 Å². The van der Waals surface area contributed by atoms with Gasteiger partial charge in [0.25, 0.3) is 0 Å². The van der Waals surface area contributed by atoms with Crippen LogP contribution in [0.4, 0.5) is 0 Å². The highest BCUT2D eigenvalue weighted by molar-refractivity contribution is 5.88. The molecule has 0 amide bonds. The molecular formula is C17H16O5. The second-order valence-electron chi connectivity index (χ2n) is 5.02. The zero-order valence-corrected chi connectivity index (χ0v) is 11.9. The molecule has 5 heteroatoms. The summed E-state index contributed by atoms with van der Waals surface area (Å²) in [6.07, 6.45) is -0.250. The molecule has 1 N–H and O–H groups in total. The zero-order valence-electron chi connectivity index (χ0n) is 11.9. The molecular weight excluding hydrogens is 284 g/mol. The Bertz CT molecular complexity index is 653. The normalized spacial score (nSPS) is 16.3. The first-order valence-corrected chi connectivity index (χ1v) is 7.01. The summed E-state index contributed by atoms with van der Waals surface area (Å²) in [5.41, 5.74) is 1.26. The molecule has 2 aromatic carbocycles. The lowest BCUT2D eigenvalue weighted by Crippen LogP contribution is -2.33. The molecule has 22 heavy (non-hydrogen) atoms. The monoisotopic (exact) mass is 300 g/mol. The highest BCUT2D eigenvalue weighted by Gasteiger charge is 2.22. The van der Waals surface area contributed by atoms with Crippen LogP contribution in [0.25, 0.3) is 0 Å². The van der Waals surface area contributed by atoms with E-state index in [0.29, 0.717) is 31.3 Å². The minimum Gasteiger partial charge on any atom is -0.486 e. The molecule has 0 fully saturated rings. The molecule has 0 aliphatic carbocycles. The van der Waals surface area contributed by atoms with Gasteiger partial charge in [-0.25, -0.2) is 4.79 Å². The topological polar surface area (TPSA) is 65.0 Å². The van der Waals surface area contributed by atoms with Gasteiger partial charge in [-0.05, 0) is 23.8 Å². The number of hydrogen-bond acceptors (Lipinski definition) is 4. The Morgan fingerprint density at radius 3 is 2.77 bits per heavy atom. The van der Waals surface area contributed by atoms with Gasteiger partial charge in [0.15, 0.2) is 17.6 Å². The molecule has 5 nitrogen and oxygen atoms in total. The molecule has 3 rings (SSSR count). The summed E-state index contributed by atoms with van der Waals surface area (Å²) in [6, 6.07) is 14.4. The van der Waals surface area contributed by atoms with E-state index in [-0.39, 0.29) is 11.7 Å². The summed E-state index contributed by atoms with van der Waals surface area (Å²) in [6.45, 7) is 1.27. The van der Waals surface area contributed by atoms with Crippen molar-refractivity contribution in [2.24, 2.45) is 0 Å². The maximum atomic E-state index is 11.0. The van der Waals surface area contributed by atoms with Crippen LogP contribution in [0.2, 0.25) is 0 Å². The predicted molar refractivity (Wildman–Crippen MR) is 79.4 cm³/mol. The Morgan fingerprint density at radius 2 is 2.00 bits per heavy atom. The minimum atomic E-state index is -0.992. The Labute approximate surface area is 128 Å². The maximum Gasteiger partial charge on any atom is 0.335 e. The van der Waals surface area contributed by atoms with E-state index in [1.165, 1.54) is 12.1 Å². The van der Waals surface area contributed by atoms with Crippen molar-refractivity contribution in [3.8, 4) is 11.5 Å². The third kappa shape index (κ3) is 3.38. The largest absolute Gasteiger partial charge is 0.486 e. The van der Waals surface area contributed by atoms with Crippen molar-refractivity contribution >= 4 is 5.97 Å². The number of fused-ring (bicyclic) bond motifs is 1. The van der Waals surface area contributed by atoms with Crippen molar-refractivity contribution in [2.75, 3.05) is 13.2 Å². The summed E-state index contributed by atoms with van der Waals surface area (Å²) < 4.78 is 17.0. The molecule has 0 spiro atoms. The molecule has 1 heterocycles. The van der Waals surface area contributed by atoms with E-state index in [4.69, 9.17) is 19.3 Å².